The highest BCUT2D eigenvalue weighted by atomic mass is 35.5. The molecular formula is C14H10Cl2F3NO3. The van der Waals surface area contributed by atoms with Crippen LogP contribution in [0.15, 0.2) is 30.5 Å². The third-order valence-electron chi connectivity index (χ3n) is 2.63. The Labute approximate surface area is 139 Å². The van der Waals surface area contributed by atoms with Gasteiger partial charge in [-0.3, -0.25) is 0 Å². The van der Waals surface area contributed by atoms with Gasteiger partial charge in [0.1, 0.15) is 19.0 Å². The number of pyridine rings is 1. The topological polar surface area (TPSA) is 51.6 Å². The van der Waals surface area contributed by atoms with Gasteiger partial charge in [0.2, 0.25) is 5.88 Å². The molecule has 0 aliphatic rings. The predicted molar refractivity (Wildman–Crippen MR) is 78.4 cm³/mol. The van der Waals surface area contributed by atoms with Crippen LogP contribution in [0.5, 0.6) is 17.4 Å². The van der Waals surface area contributed by atoms with E-state index in [1.807, 2.05) is 0 Å². The Hall–Kier alpha value is -1.86. The van der Waals surface area contributed by atoms with Gasteiger partial charge in [0, 0.05) is 24.4 Å². The second-order valence-electron chi connectivity index (χ2n) is 4.32. The maximum Gasteiger partial charge on any atom is 0.417 e. The fourth-order valence-corrected chi connectivity index (χ4v) is 2.19. The van der Waals surface area contributed by atoms with Gasteiger partial charge in [-0.05, 0) is 6.07 Å². The lowest BCUT2D eigenvalue weighted by Crippen LogP contribution is -2.11. The van der Waals surface area contributed by atoms with Crippen LogP contribution in [-0.4, -0.2) is 23.3 Å². The molecule has 0 bridgehead atoms. The van der Waals surface area contributed by atoms with Crippen LogP contribution in [0.2, 0.25) is 10.0 Å². The van der Waals surface area contributed by atoms with E-state index < -0.39 is 11.7 Å². The number of hydrogen-bond donors (Lipinski definition) is 1. The molecule has 0 fully saturated rings. The summed E-state index contributed by atoms with van der Waals surface area (Å²) in [5.74, 6) is 0.108. The summed E-state index contributed by atoms with van der Waals surface area (Å²) in [5.41, 5.74) is -0.858. The minimum atomic E-state index is -4.44. The summed E-state index contributed by atoms with van der Waals surface area (Å²) < 4.78 is 47.6. The van der Waals surface area contributed by atoms with Gasteiger partial charge in [-0.25, -0.2) is 4.98 Å². The minimum absolute atomic E-state index is 0.0197. The molecule has 1 aromatic heterocycles. The molecule has 0 amide bonds. The van der Waals surface area contributed by atoms with Crippen LogP contribution in [0.4, 0.5) is 13.2 Å². The third kappa shape index (κ3) is 4.80. The van der Waals surface area contributed by atoms with E-state index in [1.165, 1.54) is 12.1 Å². The van der Waals surface area contributed by atoms with Crippen molar-refractivity contribution in [1.82, 2.24) is 4.98 Å². The third-order valence-corrected chi connectivity index (χ3v) is 3.19. The summed E-state index contributed by atoms with van der Waals surface area (Å²) in [7, 11) is 0. The molecule has 0 saturated heterocycles. The Morgan fingerprint density at radius 2 is 1.65 bits per heavy atom. The quantitative estimate of drug-likeness (QED) is 0.786. The average molecular weight is 368 g/mol. The molecule has 9 heteroatoms. The molecule has 2 aromatic rings. The van der Waals surface area contributed by atoms with E-state index in [4.69, 9.17) is 32.7 Å². The number of halogens is 5. The number of alkyl halides is 3. The zero-order chi connectivity index (χ0) is 17.0. The number of ether oxygens (including phenoxy) is 2. The van der Waals surface area contributed by atoms with Crippen LogP contribution in [0.1, 0.15) is 5.56 Å². The number of benzene rings is 1. The zero-order valence-corrected chi connectivity index (χ0v) is 12.9. The molecule has 1 heterocycles. The van der Waals surface area contributed by atoms with Crippen molar-refractivity contribution in [3.05, 3.63) is 46.1 Å². The lowest BCUT2D eigenvalue weighted by Gasteiger charge is -2.11. The van der Waals surface area contributed by atoms with Crippen LogP contribution < -0.4 is 9.47 Å². The first-order valence-electron chi connectivity index (χ1n) is 6.24. The van der Waals surface area contributed by atoms with Gasteiger partial charge in [0.15, 0.2) is 5.75 Å². The highest BCUT2D eigenvalue weighted by Crippen LogP contribution is 2.36. The molecule has 4 nitrogen and oxygen atoms in total. The van der Waals surface area contributed by atoms with Crippen LogP contribution >= 0.6 is 23.2 Å². The van der Waals surface area contributed by atoms with Crippen LogP contribution in [0, 0.1) is 0 Å². The molecule has 0 atom stereocenters. The van der Waals surface area contributed by atoms with Gasteiger partial charge in [-0.15, -0.1) is 0 Å². The predicted octanol–water partition coefficient (Wildman–Crippen LogP) is 4.57. The fourth-order valence-electron chi connectivity index (χ4n) is 1.61. The Balaban J connectivity index is 1.86. The summed E-state index contributed by atoms with van der Waals surface area (Å²) in [5, 5.41) is 9.54. The van der Waals surface area contributed by atoms with Crippen LogP contribution in [0.25, 0.3) is 0 Å². The number of phenols is 1. The van der Waals surface area contributed by atoms with Crippen molar-refractivity contribution < 1.29 is 27.8 Å². The lowest BCUT2D eigenvalue weighted by atomic mass is 10.3. The number of hydrogen-bond acceptors (Lipinski definition) is 4. The number of aromatic nitrogens is 1. The number of phenolic OH excluding ortho intramolecular Hbond substituents is 1. The largest absolute Gasteiger partial charge is 0.508 e. The second kappa shape index (κ2) is 7.14. The van der Waals surface area contributed by atoms with Crippen molar-refractivity contribution in [3.63, 3.8) is 0 Å². The molecule has 0 aliphatic heterocycles. The van der Waals surface area contributed by atoms with Gasteiger partial charge >= 0.3 is 6.18 Å². The summed E-state index contributed by atoms with van der Waals surface area (Å²) in [6.45, 7) is 0.0544. The Morgan fingerprint density at radius 1 is 1.04 bits per heavy atom. The summed E-state index contributed by atoms with van der Waals surface area (Å²) in [6.07, 6.45) is -3.76. The fraction of sp³-hybridized carbons (Fsp3) is 0.214. The van der Waals surface area contributed by atoms with Crippen molar-refractivity contribution in [2.24, 2.45) is 0 Å². The molecule has 1 aromatic carbocycles. The Kier molecular flexibility index (Phi) is 5.43. The Morgan fingerprint density at radius 3 is 2.17 bits per heavy atom. The normalized spacial score (nSPS) is 11.3. The van der Waals surface area contributed by atoms with Gasteiger partial charge in [-0.1, -0.05) is 23.2 Å². The van der Waals surface area contributed by atoms with Crippen LogP contribution in [-0.2, 0) is 6.18 Å². The molecule has 0 unspecified atom stereocenters. The van der Waals surface area contributed by atoms with Gasteiger partial charge in [0.05, 0.1) is 15.6 Å². The van der Waals surface area contributed by atoms with Crippen molar-refractivity contribution in [1.29, 1.82) is 0 Å². The van der Waals surface area contributed by atoms with E-state index in [1.54, 1.807) is 0 Å². The molecule has 2 rings (SSSR count). The Bertz CT molecular complexity index is 655. The summed E-state index contributed by atoms with van der Waals surface area (Å²) in [6, 6.07) is 4.52. The first kappa shape index (κ1) is 17.5. The number of aromatic hydroxyl groups is 1. The van der Waals surface area contributed by atoms with Gasteiger partial charge in [-0.2, -0.15) is 13.2 Å². The van der Waals surface area contributed by atoms with E-state index in [0.717, 1.165) is 12.1 Å². The molecule has 1 N–H and O–H groups in total. The van der Waals surface area contributed by atoms with E-state index in [-0.39, 0.29) is 40.6 Å². The molecule has 23 heavy (non-hydrogen) atoms. The van der Waals surface area contributed by atoms with Gasteiger partial charge < -0.3 is 14.6 Å². The summed E-state index contributed by atoms with van der Waals surface area (Å²) >= 11 is 11.7. The highest BCUT2D eigenvalue weighted by molar-refractivity contribution is 6.37. The smallest absolute Gasteiger partial charge is 0.417 e. The van der Waals surface area contributed by atoms with E-state index in [9.17, 15) is 18.3 Å². The average Bonchev–Trinajstić information content (AvgIpc) is 2.45. The molecule has 0 saturated carbocycles. The maximum absolute atomic E-state index is 12.4. The number of nitrogens with zero attached hydrogens (tertiary/aromatic N) is 1. The first-order chi connectivity index (χ1) is 10.8. The van der Waals surface area contributed by atoms with Crippen molar-refractivity contribution in [2.75, 3.05) is 13.2 Å². The second-order valence-corrected chi connectivity index (χ2v) is 5.13. The summed E-state index contributed by atoms with van der Waals surface area (Å²) in [4.78, 5) is 3.55. The minimum Gasteiger partial charge on any atom is -0.508 e. The van der Waals surface area contributed by atoms with E-state index in [0.29, 0.717) is 6.20 Å². The first-order valence-corrected chi connectivity index (χ1v) is 7.00. The highest BCUT2D eigenvalue weighted by Gasteiger charge is 2.30. The van der Waals surface area contributed by atoms with Crippen molar-refractivity contribution in [3.8, 4) is 17.4 Å². The molecule has 0 spiro atoms. The SMILES string of the molecule is Oc1cc(Cl)c(OCCOc2ccc(C(F)(F)F)cn2)c(Cl)c1. The lowest BCUT2D eigenvalue weighted by molar-refractivity contribution is -0.137. The molecule has 124 valence electrons. The standard InChI is InChI=1S/C14H10Cl2F3NO3/c15-10-5-9(21)6-11(16)13(10)23-4-3-22-12-2-1-8(7-20-12)14(17,18)19/h1-2,5-7,21H,3-4H2. The maximum atomic E-state index is 12.4. The van der Waals surface area contributed by atoms with Crippen molar-refractivity contribution in [2.45, 2.75) is 6.18 Å². The van der Waals surface area contributed by atoms with E-state index in [2.05, 4.69) is 4.98 Å². The zero-order valence-electron chi connectivity index (χ0n) is 11.4. The van der Waals surface area contributed by atoms with E-state index >= 15 is 0 Å². The molecule has 0 radical (unpaired) electrons. The van der Waals surface area contributed by atoms with Crippen molar-refractivity contribution >= 4 is 23.2 Å². The monoisotopic (exact) mass is 367 g/mol. The van der Waals surface area contributed by atoms with Gasteiger partial charge in [0.25, 0.3) is 0 Å². The number of rotatable bonds is 5. The van der Waals surface area contributed by atoms with Crippen LogP contribution in [0.3, 0.4) is 0 Å². The molecule has 0 aliphatic carbocycles. The molecular weight excluding hydrogens is 358 g/mol.